The summed E-state index contributed by atoms with van der Waals surface area (Å²) in [7, 11) is -3.85. The molecule has 0 aromatic heterocycles. The predicted molar refractivity (Wildman–Crippen MR) is 101 cm³/mol. The third kappa shape index (κ3) is 4.60. The average Bonchev–Trinajstić information content (AvgIpc) is 2.70. The molecule has 0 radical (unpaired) electrons. The van der Waals surface area contributed by atoms with Crippen LogP contribution in [0.15, 0.2) is 47.4 Å². The topological polar surface area (TPSA) is 69.7 Å². The molecule has 6 nitrogen and oxygen atoms in total. The molecule has 0 bridgehead atoms. The minimum absolute atomic E-state index is 0.102. The van der Waals surface area contributed by atoms with Gasteiger partial charge in [-0.05, 0) is 37.3 Å². The van der Waals surface area contributed by atoms with Gasteiger partial charge in [0.15, 0.2) is 0 Å². The summed E-state index contributed by atoms with van der Waals surface area (Å²) in [5, 5.41) is 2.24. The van der Waals surface area contributed by atoms with Gasteiger partial charge in [0.1, 0.15) is 23.1 Å². The van der Waals surface area contributed by atoms with Crippen molar-refractivity contribution in [1.29, 1.82) is 0 Å². The van der Waals surface area contributed by atoms with Crippen LogP contribution in [0.1, 0.15) is 6.92 Å². The zero-order valence-corrected chi connectivity index (χ0v) is 16.4. The maximum absolute atomic E-state index is 13.7. The molecule has 156 valence electrons. The van der Waals surface area contributed by atoms with Crippen molar-refractivity contribution >= 4 is 21.6 Å². The fourth-order valence-corrected chi connectivity index (χ4v) is 4.57. The van der Waals surface area contributed by atoms with E-state index in [0.29, 0.717) is 0 Å². The number of carbonyl (C=O) groups excluding carboxylic acids is 1. The first kappa shape index (κ1) is 21.3. The lowest BCUT2D eigenvalue weighted by atomic mass is 10.2. The molecule has 2 aromatic rings. The number of carbonyl (C=O) groups is 1. The van der Waals surface area contributed by atoms with E-state index in [0.717, 1.165) is 24.3 Å². The smallest absolute Gasteiger partial charge is 0.243 e. The number of rotatable bonds is 5. The third-order valence-corrected chi connectivity index (χ3v) is 6.74. The lowest BCUT2D eigenvalue weighted by molar-refractivity contribution is -0.121. The second kappa shape index (κ2) is 8.52. The van der Waals surface area contributed by atoms with Crippen molar-refractivity contribution in [3.05, 3.63) is 59.9 Å². The molecule has 1 saturated heterocycles. The summed E-state index contributed by atoms with van der Waals surface area (Å²) in [5.74, 6) is -3.00. The number of nitrogens with one attached hydrogen (secondary N) is 1. The van der Waals surface area contributed by atoms with E-state index in [1.165, 1.54) is 22.5 Å². The van der Waals surface area contributed by atoms with Gasteiger partial charge >= 0.3 is 0 Å². The molecule has 0 spiro atoms. The van der Waals surface area contributed by atoms with Crippen LogP contribution in [0, 0.1) is 17.5 Å². The lowest BCUT2D eigenvalue weighted by Crippen LogP contribution is -2.54. The van der Waals surface area contributed by atoms with Crippen molar-refractivity contribution in [2.75, 3.05) is 31.5 Å². The first-order valence-corrected chi connectivity index (χ1v) is 10.4. The van der Waals surface area contributed by atoms with E-state index in [9.17, 15) is 26.4 Å². The molecule has 1 atom stereocenters. The number of benzene rings is 2. The van der Waals surface area contributed by atoms with Crippen LogP contribution < -0.4 is 5.32 Å². The Morgan fingerprint density at radius 2 is 1.59 bits per heavy atom. The minimum Gasteiger partial charge on any atom is -0.320 e. The number of nitrogens with zero attached hydrogens (tertiary/aromatic N) is 2. The van der Waals surface area contributed by atoms with Crippen LogP contribution in [0.5, 0.6) is 0 Å². The molecule has 2 aromatic carbocycles. The van der Waals surface area contributed by atoms with Crippen molar-refractivity contribution in [2.45, 2.75) is 17.9 Å². The van der Waals surface area contributed by atoms with E-state index in [-0.39, 0.29) is 31.1 Å². The molecule has 1 aliphatic rings. The first-order valence-electron chi connectivity index (χ1n) is 8.95. The van der Waals surface area contributed by atoms with Crippen LogP contribution in [0.2, 0.25) is 0 Å². The molecule has 1 unspecified atom stereocenters. The number of para-hydroxylation sites is 1. The molecule has 0 aliphatic carbocycles. The van der Waals surface area contributed by atoms with Gasteiger partial charge in [-0.2, -0.15) is 4.31 Å². The summed E-state index contributed by atoms with van der Waals surface area (Å²) in [6.45, 7) is 2.26. The normalized spacial score (nSPS) is 17.1. The molecule has 10 heteroatoms. The number of sulfonamides is 1. The Hall–Kier alpha value is -2.43. The second-order valence-corrected chi connectivity index (χ2v) is 8.60. The maximum Gasteiger partial charge on any atom is 0.243 e. The van der Waals surface area contributed by atoms with Crippen molar-refractivity contribution in [3.63, 3.8) is 0 Å². The van der Waals surface area contributed by atoms with Gasteiger partial charge in [0.25, 0.3) is 0 Å². The highest BCUT2D eigenvalue weighted by Gasteiger charge is 2.32. The second-order valence-electron chi connectivity index (χ2n) is 6.66. The average molecular weight is 427 g/mol. The molecule has 0 saturated carbocycles. The number of halogens is 3. The predicted octanol–water partition coefficient (Wildman–Crippen LogP) is 2.44. The van der Waals surface area contributed by atoms with Gasteiger partial charge in [-0.25, -0.2) is 21.6 Å². The Morgan fingerprint density at radius 1 is 1.00 bits per heavy atom. The van der Waals surface area contributed by atoms with Crippen molar-refractivity contribution in [1.82, 2.24) is 9.21 Å². The van der Waals surface area contributed by atoms with Crippen LogP contribution in [-0.2, 0) is 14.8 Å². The molecular formula is C19H20F3N3O3S. The quantitative estimate of drug-likeness (QED) is 0.796. The summed E-state index contributed by atoms with van der Waals surface area (Å²) in [6, 6.07) is 7.32. The Balaban J connectivity index is 1.63. The molecule has 1 aliphatic heterocycles. The summed E-state index contributed by atoms with van der Waals surface area (Å²) in [5.41, 5.74) is -0.517. The Bertz CT molecular complexity index is 989. The standard InChI is InChI=1S/C19H20F3N3O3S/c1-13(19(26)23-18-16(21)6-3-7-17(18)22)24-8-10-25(11-9-24)29(27,28)15-5-2-4-14(20)12-15/h2-7,12-13H,8-11H2,1H3,(H,23,26). The molecule has 1 amide bonds. The summed E-state index contributed by atoms with van der Waals surface area (Å²) in [4.78, 5) is 14.0. The Labute approximate surface area is 167 Å². The van der Waals surface area contributed by atoms with Crippen LogP contribution in [0.4, 0.5) is 18.9 Å². The highest BCUT2D eigenvalue weighted by molar-refractivity contribution is 7.89. The monoisotopic (exact) mass is 427 g/mol. The highest BCUT2D eigenvalue weighted by Crippen LogP contribution is 2.21. The van der Waals surface area contributed by atoms with E-state index in [1.54, 1.807) is 11.8 Å². The van der Waals surface area contributed by atoms with Gasteiger partial charge in [-0.15, -0.1) is 0 Å². The zero-order chi connectivity index (χ0) is 21.2. The molecule has 29 heavy (non-hydrogen) atoms. The number of piperazine rings is 1. The maximum atomic E-state index is 13.7. The summed E-state index contributed by atoms with van der Waals surface area (Å²) in [6.07, 6.45) is 0. The van der Waals surface area contributed by atoms with Crippen LogP contribution >= 0.6 is 0 Å². The SMILES string of the molecule is CC(C(=O)Nc1c(F)cccc1F)N1CCN(S(=O)(=O)c2cccc(F)c2)CC1. The van der Waals surface area contributed by atoms with Crippen LogP contribution in [0.25, 0.3) is 0 Å². The lowest BCUT2D eigenvalue weighted by Gasteiger charge is -2.36. The van der Waals surface area contributed by atoms with Crippen molar-refractivity contribution in [3.8, 4) is 0 Å². The molecule has 1 heterocycles. The van der Waals surface area contributed by atoms with E-state index >= 15 is 0 Å². The van der Waals surface area contributed by atoms with Crippen LogP contribution in [-0.4, -0.2) is 55.8 Å². The van der Waals surface area contributed by atoms with Crippen molar-refractivity contribution in [2.24, 2.45) is 0 Å². The highest BCUT2D eigenvalue weighted by atomic mass is 32.2. The largest absolute Gasteiger partial charge is 0.320 e. The summed E-state index contributed by atoms with van der Waals surface area (Å²) < 4.78 is 67.3. The van der Waals surface area contributed by atoms with E-state index in [1.807, 2.05) is 0 Å². The molecule has 1 fully saturated rings. The van der Waals surface area contributed by atoms with Gasteiger partial charge in [0, 0.05) is 26.2 Å². The van der Waals surface area contributed by atoms with Gasteiger partial charge in [-0.1, -0.05) is 12.1 Å². The summed E-state index contributed by atoms with van der Waals surface area (Å²) >= 11 is 0. The van der Waals surface area contributed by atoms with Gasteiger partial charge in [-0.3, -0.25) is 9.69 Å². The molecule has 1 N–H and O–H groups in total. The van der Waals surface area contributed by atoms with Crippen molar-refractivity contribution < 1.29 is 26.4 Å². The van der Waals surface area contributed by atoms with Gasteiger partial charge in [0.2, 0.25) is 15.9 Å². The fourth-order valence-electron chi connectivity index (χ4n) is 3.12. The zero-order valence-electron chi connectivity index (χ0n) is 15.6. The molecular weight excluding hydrogens is 407 g/mol. The van der Waals surface area contributed by atoms with E-state index in [4.69, 9.17) is 0 Å². The van der Waals surface area contributed by atoms with Gasteiger partial charge in [0.05, 0.1) is 10.9 Å². The first-order chi connectivity index (χ1) is 13.7. The minimum atomic E-state index is -3.85. The van der Waals surface area contributed by atoms with Crippen LogP contribution in [0.3, 0.4) is 0 Å². The fraction of sp³-hybridized carbons (Fsp3) is 0.316. The van der Waals surface area contributed by atoms with Gasteiger partial charge < -0.3 is 5.32 Å². The van der Waals surface area contributed by atoms with E-state index < -0.39 is 45.1 Å². The Kier molecular flexibility index (Phi) is 6.25. The number of amides is 1. The Morgan fingerprint density at radius 3 is 2.17 bits per heavy atom. The number of hydrogen-bond acceptors (Lipinski definition) is 4. The van der Waals surface area contributed by atoms with E-state index in [2.05, 4.69) is 5.32 Å². The number of hydrogen-bond donors (Lipinski definition) is 1. The molecule has 3 rings (SSSR count). The third-order valence-electron chi connectivity index (χ3n) is 4.85. The number of anilines is 1.